The SMILES string of the molecule is OC1CCCC(Cc2cccc3ccccc23)C1. The Morgan fingerprint density at radius 1 is 1.00 bits per heavy atom. The minimum atomic E-state index is -0.0706. The van der Waals surface area contributed by atoms with E-state index in [0.29, 0.717) is 5.92 Å². The Bertz CT molecular complexity index is 527. The molecule has 0 heterocycles. The van der Waals surface area contributed by atoms with Crippen LogP contribution in [0, 0.1) is 5.92 Å². The van der Waals surface area contributed by atoms with Gasteiger partial charge in [-0.25, -0.2) is 0 Å². The molecule has 1 nitrogen and oxygen atoms in total. The van der Waals surface area contributed by atoms with Crippen molar-refractivity contribution in [1.29, 1.82) is 0 Å². The monoisotopic (exact) mass is 240 g/mol. The molecule has 2 unspecified atom stereocenters. The largest absolute Gasteiger partial charge is 0.393 e. The molecule has 1 N–H and O–H groups in total. The molecule has 1 aliphatic rings. The first-order chi connectivity index (χ1) is 8.83. The third kappa shape index (κ3) is 2.41. The van der Waals surface area contributed by atoms with Crippen LogP contribution in [0.25, 0.3) is 10.8 Å². The van der Waals surface area contributed by atoms with Crippen LogP contribution in [0.1, 0.15) is 31.2 Å². The fraction of sp³-hybridized carbons (Fsp3) is 0.412. The van der Waals surface area contributed by atoms with Gasteiger partial charge in [-0.05, 0) is 47.9 Å². The first-order valence-electron chi connectivity index (χ1n) is 6.97. The van der Waals surface area contributed by atoms with Crippen molar-refractivity contribution in [1.82, 2.24) is 0 Å². The quantitative estimate of drug-likeness (QED) is 0.843. The zero-order valence-corrected chi connectivity index (χ0v) is 10.7. The molecule has 1 fully saturated rings. The topological polar surface area (TPSA) is 20.2 Å². The lowest BCUT2D eigenvalue weighted by molar-refractivity contribution is 0.101. The molecule has 0 aromatic heterocycles. The van der Waals surface area contributed by atoms with Crippen molar-refractivity contribution in [2.24, 2.45) is 5.92 Å². The minimum Gasteiger partial charge on any atom is -0.393 e. The summed E-state index contributed by atoms with van der Waals surface area (Å²) < 4.78 is 0. The summed E-state index contributed by atoms with van der Waals surface area (Å²) in [7, 11) is 0. The van der Waals surface area contributed by atoms with Crippen molar-refractivity contribution in [2.45, 2.75) is 38.2 Å². The number of fused-ring (bicyclic) bond motifs is 1. The lowest BCUT2D eigenvalue weighted by Crippen LogP contribution is -2.21. The van der Waals surface area contributed by atoms with Crippen molar-refractivity contribution in [3.8, 4) is 0 Å². The van der Waals surface area contributed by atoms with Crippen molar-refractivity contribution >= 4 is 10.8 Å². The predicted molar refractivity (Wildman–Crippen MR) is 75.6 cm³/mol. The molecule has 2 aromatic carbocycles. The summed E-state index contributed by atoms with van der Waals surface area (Å²) in [5.74, 6) is 0.652. The molecule has 0 radical (unpaired) electrons. The van der Waals surface area contributed by atoms with Gasteiger partial charge in [-0.2, -0.15) is 0 Å². The number of aliphatic hydroxyl groups excluding tert-OH is 1. The highest BCUT2D eigenvalue weighted by Crippen LogP contribution is 2.29. The molecular formula is C17H20O. The van der Waals surface area contributed by atoms with Crippen LogP contribution in [0.2, 0.25) is 0 Å². The summed E-state index contributed by atoms with van der Waals surface area (Å²) in [5, 5.41) is 12.5. The molecule has 3 rings (SSSR count). The molecule has 2 aromatic rings. The van der Waals surface area contributed by atoms with E-state index in [4.69, 9.17) is 0 Å². The molecule has 1 heteroatoms. The molecule has 94 valence electrons. The minimum absolute atomic E-state index is 0.0706. The van der Waals surface area contributed by atoms with Crippen LogP contribution in [0.3, 0.4) is 0 Å². The van der Waals surface area contributed by atoms with Crippen LogP contribution in [0.15, 0.2) is 42.5 Å². The second kappa shape index (κ2) is 5.11. The molecule has 1 aliphatic carbocycles. The van der Waals surface area contributed by atoms with E-state index in [-0.39, 0.29) is 6.10 Å². The van der Waals surface area contributed by atoms with Gasteiger partial charge in [0.05, 0.1) is 6.10 Å². The fourth-order valence-corrected chi connectivity index (χ4v) is 3.23. The summed E-state index contributed by atoms with van der Waals surface area (Å²) in [6.07, 6.45) is 5.45. The van der Waals surface area contributed by atoms with E-state index >= 15 is 0 Å². The maximum absolute atomic E-state index is 9.77. The second-order valence-electron chi connectivity index (χ2n) is 5.53. The van der Waals surface area contributed by atoms with Crippen molar-refractivity contribution < 1.29 is 5.11 Å². The molecule has 2 atom stereocenters. The number of hydrogen-bond donors (Lipinski definition) is 1. The van der Waals surface area contributed by atoms with Gasteiger partial charge in [0, 0.05) is 0 Å². The molecule has 0 aliphatic heterocycles. The second-order valence-corrected chi connectivity index (χ2v) is 5.53. The van der Waals surface area contributed by atoms with Crippen LogP contribution in [0.5, 0.6) is 0 Å². The van der Waals surface area contributed by atoms with Gasteiger partial charge in [-0.1, -0.05) is 48.9 Å². The van der Waals surface area contributed by atoms with Gasteiger partial charge in [0.2, 0.25) is 0 Å². The Morgan fingerprint density at radius 3 is 2.72 bits per heavy atom. The number of rotatable bonds is 2. The van der Waals surface area contributed by atoms with E-state index in [0.717, 1.165) is 19.3 Å². The van der Waals surface area contributed by atoms with Crippen molar-refractivity contribution in [3.05, 3.63) is 48.0 Å². The summed E-state index contributed by atoms with van der Waals surface area (Å²) >= 11 is 0. The van der Waals surface area contributed by atoms with Gasteiger partial charge < -0.3 is 5.11 Å². The van der Waals surface area contributed by atoms with Crippen LogP contribution in [0.4, 0.5) is 0 Å². The Balaban J connectivity index is 1.86. The van der Waals surface area contributed by atoms with Gasteiger partial charge in [0.25, 0.3) is 0 Å². The zero-order valence-electron chi connectivity index (χ0n) is 10.7. The van der Waals surface area contributed by atoms with E-state index in [1.807, 2.05) is 0 Å². The van der Waals surface area contributed by atoms with Gasteiger partial charge >= 0.3 is 0 Å². The van der Waals surface area contributed by atoms with E-state index in [9.17, 15) is 5.11 Å². The van der Waals surface area contributed by atoms with Crippen LogP contribution in [-0.4, -0.2) is 11.2 Å². The van der Waals surface area contributed by atoms with Crippen LogP contribution in [-0.2, 0) is 6.42 Å². The van der Waals surface area contributed by atoms with Gasteiger partial charge in [-0.3, -0.25) is 0 Å². The maximum Gasteiger partial charge on any atom is 0.0543 e. The third-order valence-electron chi connectivity index (χ3n) is 4.14. The molecular weight excluding hydrogens is 220 g/mol. The highest BCUT2D eigenvalue weighted by Gasteiger charge is 2.20. The highest BCUT2D eigenvalue weighted by molar-refractivity contribution is 5.85. The Hall–Kier alpha value is -1.34. The Kier molecular flexibility index (Phi) is 3.33. The molecule has 18 heavy (non-hydrogen) atoms. The van der Waals surface area contributed by atoms with E-state index in [1.165, 1.54) is 29.2 Å². The average Bonchev–Trinajstić information content (AvgIpc) is 2.39. The molecule has 0 spiro atoms. The lowest BCUT2D eigenvalue weighted by atomic mass is 9.82. The van der Waals surface area contributed by atoms with E-state index in [2.05, 4.69) is 42.5 Å². The summed E-state index contributed by atoms with van der Waals surface area (Å²) in [6, 6.07) is 15.2. The van der Waals surface area contributed by atoms with Crippen molar-refractivity contribution in [3.63, 3.8) is 0 Å². The molecule has 0 saturated heterocycles. The molecule has 0 bridgehead atoms. The fourth-order valence-electron chi connectivity index (χ4n) is 3.23. The zero-order chi connectivity index (χ0) is 12.4. The van der Waals surface area contributed by atoms with Gasteiger partial charge in [-0.15, -0.1) is 0 Å². The normalized spacial score (nSPS) is 24.3. The highest BCUT2D eigenvalue weighted by atomic mass is 16.3. The van der Waals surface area contributed by atoms with Crippen LogP contribution >= 0.6 is 0 Å². The number of hydrogen-bond acceptors (Lipinski definition) is 1. The summed E-state index contributed by atoms with van der Waals surface area (Å²) in [5.41, 5.74) is 1.44. The first kappa shape index (κ1) is 11.7. The summed E-state index contributed by atoms with van der Waals surface area (Å²) in [4.78, 5) is 0. The first-order valence-corrected chi connectivity index (χ1v) is 6.97. The third-order valence-corrected chi connectivity index (χ3v) is 4.14. The van der Waals surface area contributed by atoms with Gasteiger partial charge in [0.1, 0.15) is 0 Å². The lowest BCUT2D eigenvalue weighted by Gasteiger charge is -2.26. The Labute approximate surface area is 108 Å². The smallest absolute Gasteiger partial charge is 0.0543 e. The van der Waals surface area contributed by atoms with Crippen LogP contribution < -0.4 is 0 Å². The number of benzene rings is 2. The Morgan fingerprint density at radius 2 is 1.83 bits per heavy atom. The predicted octanol–water partition coefficient (Wildman–Crippen LogP) is 3.93. The maximum atomic E-state index is 9.77. The van der Waals surface area contributed by atoms with E-state index < -0.39 is 0 Å². The van der Waals surface area contributed by atoms with Crippen molar-refractivity contribution in [2.75, 3.05) is 0 Å². The standard InChI is InChI=1S/C17H20O/c18-16-9-3-5-13(12-16)11-15-8-4-7-14-6-1-2-10-17(14)15/h1-2,4,6-8,10,13,16,18H,3,5,9,11-12H2. The summed E-state index contributed by atoms with van der Waals surface area (Å²) in [6.45, 7) is 0. The molecule has 1 saturated carbocycles. The average molecular weight is 240 g/mol. The van der Waals surface area contributed by atoms with E-state index in [1.54, 1.807) is 0 Å². The molecule has 0 amide bonds. The van der Waals surface area contributed by atoms with Gasteiger partial charge in [0.15, 0.2) is 0 Å². The number of aliphatic hydroxyl groups is 1.